The number of hydrogen-bond donors (Lipinski definition) is 1. The van der Waals surface area contributed by atoms with Crippen LogP contribution in [0, 0.1) is 10.1 Å². The van der Waals surface area contributed by atoms with Crippen LogP contribution in [0.3, 0.4) is 0 Å². The van der Waals surface area contributed by atoms with Gasteiger partial charge in [0.25, 0.3) is 5.69 Å². The predicted octanol–water partition coefficient (Wildman–Crippen LogP) is 2.49. The first-order chi connectivity index (χ1) is 8.58. The van der Waals surface area contributed by atoms with Crippen molar-refractivity contribution < 1.29 is 4.92 Å². The summed E-state index contributed by atoms with van der Waals surface area (Å²) in [6.45, 7) is 2.97. The molecule has 1 N–H and O–H groups in total. The van der Waals surface area contributed by atoms with E-state index >= 15 is 0 Å². The van der Waals surface area contributed by atoms with Crippen molar-refractivity contribution in [1.82, 2.24) is 4.90 Å². The van der Waals surface area contributed by atoms with Crippen LogP contribution >= 0.6 is 0 Å². The molecule has 1 aliphatic carbocycles. The number of likely N-dealkylation sites (N-methyl/N-ethyl adjacent to an activating group) is 1. The Bertz CT molecular complexity index is 432. The monoisotopic (exact) mass is 249 g/mol. The molecule has 1 aliphatic rings. The number of anilines is 1. The van der Waals surface area contributed by atoms with E-state index in [4.69, 9.17) is 0 Å². The smallest absolute Gasteiger partial charge is 0.271 e. The summed E-state index contributed by atoms with van der Waals surface area (Å²) in [5.41, 5.74) is 0.934. The van der Waals surface area contributed by atoms with Gasteiger partial charge in [-0.15, -0.1) is 0 Å². The summed E-state index contributed by atoms with van der Waals surface area (Å²) in [4.78, 5) is 12.7. The molecule has 0 spiro atoms. The Morgan fingerprint density at radius 1 is 1.56 bits per heavy atom. The van der Waals surface area contributed by atoms with E-state index < -0.39 is 0 Å². The second-order valence-corrected chi connectivity index (χ2v) is 4.93. The molecular weight excluding hydrogens is 230 g/mol. The molecule has 18 heavy (non-hydrogen) atoms. The Morgan fingerprint density at radius 3 is 2.89 bits per heavy atom. The predicted molar refractivity (Wildman–Crippen MR) is 71.8 cm³/mol. The van der Waals surface area contributed by atoms with E-state index in [9.17, 15) is 10.1 Å². The van der Waals surface area contributed by atoms with Gasteiger partial charge in [-0.2, -0.15) is 0 Å². The van der Waals surface area contributed by atoms with Crippen LogP contribution in [0.4, 0.5) is 11.4 Å². The van der Waals surface area contributed by atoms with Gasteiger partial charge in [-0.05, 0) is 32.9 Å². The highest BCUT2D eigenvalue weighted by atomic mass is 16.6. The van der Waals surface area contributed by atoms with E-state index in [0.717, 1.165) is 18.3 Å². The van der Waals surface area contributed by atoms with Crippen LogP contribution in [0.2, 0.25) is 0 Å². The molecule has 0 saturated heterocycles. The lowest BCUT2D eigenvalue weighted by Gasteiger charge is -2.25. The number of nitrogens with one attached hydrogen (secondary N) is 1. The zero-order valence-electron chi connectivity index (χ0n) is 10.8. The van der Waals surface area contributed by atoms with Crippen LogP contribution in [0.1, 0.15) is 19.8 Å². The molecule has 1 unspecified atom stereocenters. The minimum absolute atomic E-state index is 0.128. The maximum absolute atomic E-state index is 10.7. The van der Waals surface area contributed by atoms with Crippen molar-refractivity contribution in [3.63, 3.8) is 0 Å². The van der Waals surface area contributed by atoms with E-state index in [1.807, 2.05) is 6.07 Å². The molecular formula is C13H19N3O2. The quantitative estimate of drug-likeness (QED) is 0.621. The largest absolute Gasteiger partial charge is 0.383 e. The van der Waals surface area contributed by atoms with Crippen molar-refractivity contribution >= 4 is 11.4 Å². The van der Waals surface area contributed by atoms with Crippen LogP contribution in [-0.2, 0) is 0 Å². The molecule has 1 atom stereocenters. The number of hydrogen-bond acceptors (Lipinski definition) is 4. The summed E-state index contributed by atoms with van der Waals surface area (Å²) < 4.78 is 0. The Morgan fingerprint density at radius 2 is 2.28 bits per heavy atom. The zero-order valence-corrected chi connectivity index (χ0v) is 10.8. The van der Waals surface area contributed by atoms with Crippen LogP contribution in [0.5, 0.6) is 0 Å². The third-order valence-electron chi connectivity index (χ3n) is 3.48. The summed E-state index contributed by atoms with van der Waals surface area (Å²) in [5.74, 6) is 0. The van der Waals surface area contributed by atoms with E-state index in [1.54, 1.807) is 12.1 Å². The Balaban J connectivity index is 1.89. The lowest BCUT2D eigenvalue weighted by molar-refractivity contribution is -0.384. The summed E-state index contributed by atoms with van der Waals surface area (Å²) in [7, 11) is 2.14. The average molecular weight is 249 g/mol. The molecule has 0 aliphatic heterocycles. The molecule has 0 amide bonds. The molecule has 0 bridgehead atoms. The number of benzene rings is 1. The standard InChI is InChI=1S/C13H19N3O2/c1-10(15(2)12-6-7-12)9-14-11-4-3-5-13(8-11)16(17)18/h3-5,8,10,12,14H,6-7,9H2,1-2H3. The first-order valence-electron chi connectivity index (χ1n) is 6.28. The van der Waals surface area contributed by atoms with Gasteiger partial charge in [0.05, 0.1) is 4.92 Å². The van der Waals surface area contributed by atoms with Crippen molar-refractivity contribution in [2.45, 2.75) is 31.8 Å². The molecule has 0 heterocycles. The third-order valence-corrected chi connectivity index (χ3v) is 3.48. The molecule has 98 valence electrons. The minimum atomic E-state index is -0.370. The van der Waals surface area contributed by atoms with Gasteiger partial charge in [0.15, 0.2) is 0 Å². The third kappa shape index (κ3) is 3.20. The van der Waals surface area contributed by atoms with Crippen molar-refractivity contribution in [2.24, 2.45) is 0 Å². The van der Waals surface area contributed by atoms with Crippen LogP contribution in [0.15, 0.2) is 24.3 Å². The van der Waals surface area contributed by atoms with Crippen molar-refractivity contribution in [3.05, 3.63) is 34.4 Å². The van der Waals surface area contributed by atoms with Gasteiger partial charge >= 0.3 is 0 Å². The van der Waals surface area contributed by atoms with E-state index in [-0.39, 0.29) is 10.6 Å². The highest BCUT2D eigenvalue weighted by Gasteiger charge is 2.28. The Labute approximate surface area is 107 Å². The van der Waals surface area contributed by atoms with E-state index in [2.05, 4.69) is 24.2 Å². The number of non-ortho nitro benzene ring substituents is 1. The Kier molecular flexibility index (Phi) is 3.81. The molecule has 1 aromatic rings. The first-order valence-corrected chi connectivity index (χ1v) is 6.28. The van der Waals surface area contributed by atoms with Crippen molar-refractivity contribution in [3.8, 4) is 0 Å². The minimum Gasteiger partial charge on any atom is -0.383 e. The molecule has 0 radical (unpaired) electrons. The summed E-state index contributed by atoms with van der Waals surface area (Å²) >= 11 is 0. The van der Waals surface area contributed by atoms with Gasteiger partial charge in [-0.3, -0.25) is 15.0 Å². The lowest BCUT2D eigenvalue weighted by atomic mass is 10.2. The Hall–Kier alpha value is -1.62. The lowest BCUT2D eigenvalue weighted by Crippen LogP contribution is -2.36. The van der Waals surface area contributed by atoms with E-state index in [1.165, 1.54) is 18.9 Å². The average Bonchev–Trinajstić information content (AvgIpc) is 3.19. The normalized spacial score (nSPS) is 16.6. The molecule has 5 heteroatoms. The SMILES string of the molecule is CC(CNc1cccc([N+](=O)[O-])c1)N(C)C1CC1. The van der Waals surface area contributed by atoms with Crippen LogP contribution < -0.4 is 5.32 Å². The molecule has 1 saturated carbocycles. The molecule has 0 aromatic heterocycles. The zero-order chi connectivity index (χ0) is 13.1. The summed E-state index contributed by atoms with van der Waals surface area (Å²) in [6.07, 6.45) is 2.58. The second-order valence-electron chi connectivity index (χ2n) is 4.93. The summed E-state index contributed by atoms with van der Waals surface area (Å²) in [5, 5.41) is 13.9. The van der Waals surface area contributed by atoms with Gasteiger partial charge in [-0.25, -0.2) is 0 Å². The molecule has 1 aromatic carbocycles. The fourth-order valence-corrected chi connectivity index (χ4v) is 1.98. The molecule has 2 rings (SSSR count). The fourth-order valence-electron chi connectivity index (χ4n) is 1.98. The maximum atomic E-state index is 10.7. The first kappa shape index (κ1) is 12.8. The second kappa shape index (κ2) is 5.35. The van der Waals surface area contributed by atoms with Gasteiger partial charge in [0.1, 0.15) is 0 Å². The number of nitro groups is 1. The number of nitrogens with zero attached hydrogens (tertiary/aromatic N) is 2. The van der Waals surface area contributed by atoms with Crippen LogP contribution in [0.25, 0.3) is 0 Å². The fraction of sp³-hybridized carbons (Fsp3) is 0.538. The summed E-state index contributed by atoms with van der Waals surface area (Å²) in [6, 6.07) is 7.80. The van der Waals surface area contributed by atoms with Gasteiger partial charge < -0.3 is 5.32 Å². The van der Waals surface area contributed by atoms with Gasteiger partial charge in [0.2, 0.25) is 0 Å². The van der Waals surface area contributed by atoms with Gasteiger partial charge in [0, 0.05) is 36.4 Å². The van der Waals surface area contributed by atoms with Gasteiger partial charge in [-0.1, -0.05) is 6.07 Å². The highest BCUT2D eigenvalue weighted by molar-refractivity contribution is 5.50. The van der Waals surface area contributed by atoms with E-state index in [0.29, 0.717) is 6.04 Å². The highest BCUT2D eigenvalue weighted by Crippen LogP contribution is 2.27. The maximum Gasteiger partial charge on any atom is 0.271 e. The number of rotatable bonds is 6. The topological polar surface area (TPSA) is 58.4 Å². The number of nitro benzene ring substituents is 1. The van der Waals surface area contributed by atoms with Crippen molar-refractivity contribution in [2.75, 3.05) is 18.9 Å². The van der Waals surface area contributed by atoms with Crippen LogP contribution in [-0.4, -0.2) is 35.5 Å². The van der Waals surface area contributed by atoms with Crippen molar-refractivity contribution in [1.29, 1.82) is 0 Å². The molecule has 1 fully saturated rings. The molecule has 5 nitrogen and oxygen atoms in total.